The van der Waals surface area contributed by atoms with Crippen molar-refractivity contribution in [3.05, 3.63) is 67.3 Å². The van der Waals surface area contributed by atoms with E-state index in [4.69, 9.17) is 0 Å². The Bertz CT molecular complexity index is 795. The minimum atomic E-state index is -0.498. The predicted molar refractivity (Wildman–Crippen MR) is 108 cm³/mol. The van der Waals surface area contributed by atoms with Crippen LogP contribution in [0.1, 0.15) is 20.5 Å². The van der Waals surface area contributed by atoms with Crippen molar-refractivity contribution in [1.82, 2.24) is 0 Å². The highest BCUT2D eigenvalue weighted by Crippen LogP contribution is 2.45. The highest BCUT2D eigenvalue weighted by atomic mass is 127. The first-order valence-corrected chi connectivity index (χ1v) is 10.3. The molecule has 1 N–H and O–H groups in total. The molecule has 0 radical (unpaired) electrons. The van der Waals surface area contributed by atoms with E-state index in [0.717, 1.165) is 11.5 Å². The topological polar surface area (TPSA) is 72.2 Å². The molecule has 24 heavy (non-hydrogen) atoms. The van der Waals surface area contributed by atoms with Crippen LogP contribution in [0.25, 0.3) is 0 Å². The van der Waals surface area contributed by atoms with Crippen molar-refractivity contribution in [1.29, 1.82) is 0 Å². The SMILES string of the molecule is O=C(Nc1cccc(C2SCCS2)c1)c1cc([N+](=O)[O-])ccc1I. The van der Waals surface area contributed by atoms with Crippen LogP contribution in [0.4, 0.5) is 11.4 Å². The summed E-state index contributed by atoms with van der Waals surface area (Å²) < 4.78 is 1.08. The second-order valence-corrected chi connectivity index (χ2v) is 8.96. The van der Waals surface area contributed by atoms with Crippen LogP contribution in [-0.4, -0.2) is 22.3 Å². The largest absolute Gasteiger partial charge is 0.322 e. The normalized spacial score (nSPS) is 14.5. The summed E-state index contributed by atoms with van der Waals surface area (Å²) in [7, 11) is 0. The molecule has 1 heterocycles. The average Bonchev–Trinajstić information content (AvgIpc) is 3.09. The van der Waals surface area contributed by atoms with Gasteiger partial charge in [-0.2, -0.15) is 0 Å². The zero-order valence-corrected chi connectivity index (χ0v) is 16.2. The number of thioether (sulfide) groups is 2. The molecule has 0 aromatic heterocycles. The van der Waals surface area contributed by atoms with Crippen molar-refractivity contribution in [3.8, 4) is 0 Å². The second-order valence-electron chi connectivity index (χ2n) is 5.07. The Morgan fingerprint density at radius 3 is 2.67 bits per heavy atom. The fourth-order valence-electron chi connectivity index (χ4n) is 2.31. The Hall–Kier alpha value is -1.26. The van der Waals surface area contributed by atoms with Crippen LogP contribution in [0.15, 0.2) is 42.5 Å². The van der Waals surface area contributed by atoms with E-state index in [0.29, 0.717) is 19.4 Å². The molecule has 1 fully saturated rings. The molecule has 0 unspecified atom stereocenters. The van der Waals surface area contributed by atoms with Crippen LogP contribution < -0.4 is 5.32 Å². The lowest BCUT2D eigenvalue weighted by Crippen LogP contribution is -2.14. The monoisotopic (exact) mass is 472 g/mol. The van der Waals surface area contributed by atoms with Crippen LogP contribution in [0.5, 0.6) is 0 Å². The first-order valence-electron chi connectivity index (χ1n) is 7.13. The van der Waals surface area contributed by atoms with Crippen molar-refractivity contribution in [2.45, 2.75) is 4.58 Å². The molecule has 1 amide bonds. The van der Waals surface area contributed by atoms with E-state index in [2.05, 4.69) is 11.4 Å². The molecule has 1 aliphatic rings. The summed E-state index contributed by atoms with van der Waals surface area (Å²) in [6, 6.07) is 12.1. The van der Waals surface area contributed by atoms with Gasteiger partial charge in [-0.1, -0.05) is 12.1 Å². The van der Waals surface area contributed by atoms with Gasteiger partial charge in [0.1, 0.15) is 0 Å². The molecule has 1 aliphatic heterocycles. The molecule has 0 saturated carbocycles. The summed E-state index contributed by atoms with van der Waals surface area (Å²) >= 11 is 5.81. The third-order valence-corrected chi connectivity index (χ3v) is 7.49. The summed E-state index contributed by atoms with van der Waals surface area (Å²) in [4.78, 5) is 22.9. The van der Waals surface area contributed by atoms with Crippen molar-refractivity contribution in [2.75, 3.05) is 16.8 Å². The Balaban J connectivity index is 1.81. The number of rotatable bonds is 4. The standard InChI is InChI=1S/C16H13IN2O3S2/c17-14-5-4-12(19(21)22)9-13(14)15(20)18-11-3-1-2-10(8-11)16-23-6-7-24-16/h1-5,8-9,16H,6-7H2,(H,18,20). The van der Waals surface area contributed by atoms with Crippen LogP contribution in [-0.2, 0) is 0 Å². The first-order chi connectivity index (χ1) is 11.5. The number of nitrogens with one attached hydrogen (secondary N) is 1. The number of amides is 1. The molecule has 2 aromatic rings. The molecule has 2 aromatic carbocycles. The van der Waals surface area contributed by atoms with E-state index >= 15 is 0 Å². The number of nitrogens with zero attached hydrogens (tertiary/aromatic N) is 1. The van der Waals surface area contributed by atoms with Gasteiger partial charge < -0.3 is 5.32 Å². The van der Waals surface area contributed by atoms with Crippen molar-refractivity contribution < 1.29 is 9.72 Å². The minimum Gasteiger partial charge on any atom is -0.322 e. The Morgan fingerprint density at radius 2 is 1.96 bits per heavy atom. The van der Waals surface area contributed by atoms with Gasteiger partial charge in [-0.05, 0) is 46.4 Å². The number of hydrogen-bond acceptors (Lipinski definition) is 5. The van der Waals surface area contributed by atoms with Gasteiger partial charge in [0.05, 0.1) is 15.1 Å². The maximum absolute atomic E-state index is 12.5. The Kier molecular flexibility index (Phi) is 5.67. The highest BCUT2D eigenvalue weighted by Gasteiger charge is 2.19. The number of non-ortho nitro benzene ring substituents is 1. The Morgan fingerprint density at radius 1 is 1.21 bits per heavy atom. The number of carbonyl (C=O) groups is 1. The van der Waals surface area contributed by atoms with Gasteiger partial charge in [0.2, 0.25) is 0 Å². The smallest absolute Gasteiger partial charge is 0.270 e. The highest BCUT2D eigenvalue weighted by molar-refractivity contribution is 14.1. The zero-order chi connectivity index (χ0) is 17.1. The van der Waals surface area contributed by atoms with Crippen LogP contribution in [0.2, 0.25) is 0 Å². The number of benzene rings is 2. The third-order valence-electron chi connectivity index (χ3n) is 3.44. The number of nitro benzene ring substituents is 1. The molecule has 0 atom stereocenters. The molecular weight excluding hydrogens is 459 g/mol. The number of halogens is 1. The summed E-state index contributed by atoms with van der Waals surface area (Å²) in [6.07, 6.45) is 0. The van der Waals surface area contributed by atoms with Gasteiger partial charge in [0.25, 0.3) is 11.6 Å². The fourth-order valence-corrected chi connectivity index (χ4v) is 5.73. The van der Waals surface area contributed by atoms with Crippen molar-refractivity contribution in [3.63, 3.8) is 0 Å². The van der Waals surface area contributed by atoms with Gasteiger partial charge in [-0.25, -0.2) is 0 Å². The fraction of sp³-hybridized carbons (Fsp3) is 0.188. The Labute approximate surface area is 161 Å². The number of nitro groups is 1. The van der Waals surface area contributed by atoms with Gasteiger partial charge >= 0.3 is 0 Å². The quantitative estimate of drug-likeness (QED) is 0.388. The molecule has 1 saturated heterocycles. The van der Waals surface area contributed by atoms with E-state index < -0.39 is 4.92 Å². The summed E-state index contributed by atoms with van der Waals surface area (Å²) in [5.41, 5.74) is 2.09. The van der Waals surface area contributed by atoms with E-state index in [1.54, 1.807) is 6.07 Å². The lowest BCUT2D eigenvalue weighted by molar-refractivity contribution is -0.384. The second kappa shape index (κ2) is 7.75. The van der Waals surface area contributed by atoms with Gasteiger partial charge in [0.15, 0.2) is 0 Å². The van der Waals surface area contributed by atoms with Gasteiger partial charge in [-0.15, -0.1) is 23.5 Å². The number of carbonyl (C=O) groups excluding carboxylic acids is 1. The van der Waals surface area contributed by atoms with E-state index in [1.165, 1.54) is 17.7 Å². The molecule has 3 rings (SSSR count). The van der Waals surface area contributed by atoms with E-state index in [9.17, 15) is 14.9 Å². The lowest BCUT2D eigenvalue weighted by Gasteiger charge is -2.11. The average molecular weight is 472 g/mol. The third kappa shape index (κ3) is 4.04. The maximum atomic E-state index is 12.5. The first kappa shape index (κ1) is 17.6. The predicted octanol–water partition coefficient (Wildman–Crippen LogP) is 4.93. The summed E-state index contributed by atoms with van der Waals surface area (Å²) in [5.74, 6) is 1.93. The molecule has 5 nitrogen and oxygen atoms in total. The molecule has 0 aliphatic carbocycles. The molecule has 124 valence electrons. The molecular formula is C16H13IN2O3S2. The lowest BCUT2D eigenvalue weighted by atomic mass is 10.1. The molecule has 8 heteroatoms. The maximum Gasteiger partial charge on any atom is 0.270 e. The summed E-state index contributed by atoms with van der Waals surface area (Å²) in [6.45, 7) is 0. The number of hydrogen-bond donors (Lipinski definition) is 1. The summed E-state index contributed by atoms with van der Waals surface area (Å²) in [5, 5.41) is 13.7. The van der Waals surface area contributed by atoms with E-state index in [-0.39, 0.29) is 11.6 Å². The van der Waals surface area contributed by atoms with Crippen molar-refractivity contribution in [2.24, 2.45) is 0 Å². The van der Waals surface area contributed by atoms with Crippen molar-refractivity contribution >= 4 is 63.4 Å². The van der Waals surface area contributed by atoms with Crippen LogP contribution in [0, 0.1) is 13.7 Å². The van der Waals surface area contributed by atoms with Crippen LogP contribution in [0.3, 0.4) is 0 Å². The number of anilines is 1. The van der Waals surface area contributed by atoms with Gasteiger partial charge in [0, 0.05) is 32.9 Å². The van der Waals surface area contributed by atoms with Gasteiger partial charge in [-0.3, -0.25) is 14.9 Å². The molecule has 0 spiro atoms. The van der Waals surface area contributed by atoms with Crippen LogP contribution >= 0.6 is 46.1 Å². The van der Waals surface area contributed by atoms with E-state index in [1.807, 2.05) is 64.3 Å². The molecule has 0 bridgehead atoms. The minimum absolute atomic E-state index is 0.0897. The zero-order valence-electron chi connectivity index (χ0n) is 12.4.